The van der Waals surface area contributed by atoms with Gasteiger partial charge < -0.3 is 0 Å². The first-order valence-corrected chi connectivity index (χ1v) is 8.48. The van der Waals surface area contributed by atoms with Crippen LogP contribution in [0.1, 0.15) is 73.1 Å². The summed E-state index contributed by atoms with van der Waals surface area (Å²) in [5, 5.41) is 0. The van der Waals surface area contributed by atoms with E-state index in [9.17, 15) is 0 Å². The van der Waals surface area contributed by atoms with Gasteiger partial charge in [0.05, 0.1) is 0 Å². The molecule has 0 heteroatoms. The Kier molecular flexibility index (Phi) is 2.89. The smallest absolute Gasteiger partial charge is 0.0207 e. The number of rotatable bonds is 6. The highest BCUT2D eigenvalue weighted by molar-refractivity contribution is 5.22. The molecule has 0 radical (unpaired) electrons. The molecule has 0 saturated heterocycles. The SMILES string of the molecule is CCCC1CC12C(C)C2CCCC1(C)C(C)C1C. The fraction of sp³-hybridized carbons (Fsp3) is 1.00. The summed E-state index contributed by atoms with van der Waals surface area (Å²) in [7, 11) is 0. The van der Waals surface area contributed by atoms with Crippen molar-refractivity contribution in [2.75, 3.05) is 0 Å². The molecule has 0 N–H and O–H groups in total. The lowest BCUT2D eigenvalue weighted by Gasteiger charge is -2.10. The minimum atomic E-state index is 0.706. The van der Waals surface area contributed by atoms with Gasteiger partial charge in [-0.2, -0.15) is 0 Å². The Balaban J connectivity index is 1.41. The summed E-state index contributed by atoms with van der Waals surface area (Å²) >= 11 is 0. The zero-order valence-corrected chi connectivity index (χ0v) is 13.1. The van der Waals surface area contributed by atoms with E-state index >= 15 is 0 Å². The lowest BCUT2D eigenvalue weighted by molar-refractivity contribution is 0.410. The molecule has 3 saturated carbocycles. The van der Waals surface area contributed by atoms with Gasteiger partial charge in [0.2, 0.25) is 0 Å². The van der Waals surface area contributed by atoms with E-state index in [4.69, 9.17) is 0 Å². The van der Waals surface area contributed by atoms with Gasteiger partial charge in [0.15, 0.2) is 0 Å². The Hall–Kier alpha value is 0. The topological polar surface area (TPSA) is 0 Å². The molecule has 0 bridgehead atoms. The third-order valence-corrected chi connectivity index (χ3v) is 7.82. The molecule has 0 aromatic carbocycles. The molecule has 0 aromatic rings. The molecule has 3 rings (SSSR count). The molecule has 6 atom stereocenters. The Bertz CT molecular complexity index is 323. The predicted molar refractivity (Wildman–Crippen MR) is 78.4 cm³/mol. The highest BCUT2D eigenvalue weighted by Gasteiger charge is 2.74. The Morgan fingerprint density at radius 1 is 1.00 bits per heavy atom. The Morgan fingerprint density at radius 2 is 1.67 bits per heavy atom. The molecule has 3 aliphatic rings. The molecule has 3 aliphatic carbocycles. The Labute approximate surface area is 114 Å². The van der Waals surface area contributed by atoms with Crippen molar-refractivity contribution < 1.29 is 0 Å². The van der Waals surface area contributed by atoms with E-state index in [1.165, 1.54) is 32.1 Å². The fourth-order valence-corrected chi connectivity index (χ4v) is 5.60. The van der Waals surface area contributed by atoms with Gasteiger partial charge in [0.1, 0.15) is 0 Å². The molecule has 6 unspecified atom stereocenters. The molecule has 0 aliphatic heterocycles. The van der Waals surface area contributed by atoms with Gasteiger partial charge in [0, 0.05) is 0 Å². The molecule has 1 spiro atoms. The van der Waals surface area contributed by atoms with E-state index in [0.717, 1.165) is 35.0 Å². The van der Waals surface area contributed by atoms with E-state index in [2.05, 4.69) is 34.6 Å². The third-order valence-electron chi connectivity index (χ3n) is 7.82. The van der Waals surface area contributed by atoms with Crippen LogP contribution < -0.4 is 0 Å². The third kappa shape index (κ3) is 1.63. The molecule has 3 fully saturated rings. The van der Waals surface area contributed by atoms with Crippen LogP contribution in [0.3, 0.4) is 0 Å². The van der Waals surface area contributed by atoms with Crippen molar-refractivity contribution in [1.29, 1.82) is 0 Å². The highest BCUT2D eigenvalue weighted by atomic mass is 14.8. The van der Waals surface area contributed by atoms with Gasteiger partial charge in [-0.1, -0.05) is 53.9 Å². The second-order valence-corrected chi connectivity index (χ2v) is 8.17. The van der Waals surface area contributed by atoms with E-state index in [1.54, 1.807) is 6.42 Å². The van der Waals surface area contributed by atoms with E-state index < -0.39 is 0 Å². The standard InChI is InChI=1S/C18H32/c1-6-8-15-11-18(15)14(4)16(18)9-7-10-17(5)12(2)13(17)3/h12-16H,6-11H2,1-5H3. The van der Waals surface area contributed by atoms with Gasteiger partial charge >= 0.3 is 0 Å². The van der Waals surface area contributed by atoms with Gasteiger partial charge in [-0.15, -0.1) is 0 Å². The van der Waals surface area contributed by atoms with Crippen LogP contribution in [0.2, 0.25) is 0 Å². The molecular formula is C18H32. The second kappa shape index (κ2) is 4.00. The van der Waals surface area contributed by atoms with Gasteiger partial charge in [-0.3, -0.25) is 0 Å². The summed E-state index contributed by atoms with van der Waals surface area (Å²) in [5.74, 6) is 5.27. The van der Waals surface area contributed by atoms with Crippen LogP contribution in [-0.2, 0) is 0 Å². The maximum Gasteiger partial charge on any atom is -0.0207 e. The highest BCUT2D eigenvalue weighted by Crippen LogP contribution is 2.80. The van der Waals surface area contributed by atoms with Crippen LogP contribution in [0.15, 0.2) is 0 Å². The molecule has 0 aromatic heterocycles. The molecule has 104 valence electrons. The van der Waals surface area contributed by atoms with Gasteiger partial charge in [-0.25, -0.2) is 0 Å². The van der Waals surface area contributed by atoms with Crippen LogP contribution in [0.4, 0.5) is 0 Å². The molecule has 18 heavy (non-hydrogen) atoms. The maximum absolute atomic E-state index is 2.53. The fourth-order valence-electron chi connectivity index (χ4n) is 5.60. The normalized spacial score (nSPS) is 56.8. The molecular weight excluding hydrogens is 216 g/mol. The maximum atomic E-state index is 2.53. The van der Waals surface area contributed by atoms with Crippen LogP contribution >= 0.6 is 0 Å². The average molecular weight is 248 g/mol. The minimum Gasteiger partial charge on any atom is -0.0654 e. The first-order valence-electron chi connectivity index (χ1n) is 8.48. The van der Waals surface area contributed by atoms with Gasteiger partial charge in [-0.05, 0) is 59.7 Å². The lowest BCUT2D eigenvalue weighted by atomic mass is 9.95. The van der Waals surface area contributed by atoms with Crippen molar-refractivity contribution in [1.82, 2.24) is 0 Å². The lowest BCUT2D eigenvalue weighted by Crippen LogP contribution is -1.99. The number of hydrogen-bond donors (Lipinski definition) is 0. The van der Waals surface area contributed by atoms with Crippen molar-refractivity contribution >= 4 is 0 Å². The summed E-state index contributed by atoms with van der Waals surface area (Å²) in [6.07, 6.45) is 9.02. The predicted octanol–water partition coefficient (Wildman–Crippen LogP) is 5.52. The summed E-state index contributed by atoms with van der Waals surface area (Å²) in [6.45, 7) is 12.3. The van der Waals surface area contributed by atoms with E-state index in [0.29, 0.717) is 5.41 Å². The monoisotopic (exact) mass is 248 g/mol. The minimum absolute atomic E-state index is 0.706. The van der Waals surface area contributed by atoms with Crippen molar-refractivity contribution in [2.24, 2.45) is 40.4 Å². The zero-order valence-electron chi connectivity index (χ0n) is 13.1. The van der Waals surface area contributed by atoms with Crippen molar-refractivity contribution in [3.05, 3.63) is 0 Å². The van der Waals surface area contributed by atoms with E-state index in [-0.39, 0.29) is 0 Å². The van der Waals surface area contributed by atoms with Crippen LogP contribution in [0.25, 0.3) is 0 Å². The average Bonchev–Trinajstić information content (AvgIpc) is 3.25. The summed E-state index contributed by atoms with van der Waals surface area (Å²) in [5.41, 5.74) is 1.58. The van der Waals surface area contributed by atoms with Crippen molar-refractivity contribution in [3.63, 3.8) is 0 Å². The van der Waals surface area contributed by atoms with Crippen molar-refractivity contribution in [2.45, 2.75) is 73.1 Å². The summed E-state index contributed by atoms with van der Waals surface area (Å²) in [6, 6.07) is 0. The Morgan fingerprint density at radius 3 is 2.22 bits per heavy atom. The summed E-state index contributed by atoms with van der Waals surface area (Å²) in [4.78, 5) is 0. The zero-order chi connectivity index (χ0) is 13.1. The quantitative estimate of drug-likeness (QED) is 0.580. The number of hydrogen-bond acceptors (Lipinski definition) is 0. The van der Waals surface area contributed by atoms with Crippen molar-refractivity contribution in [3.8, 4) is 0 Å². The first-order chi connectivity index (χ1) is 8.48. The molecule has 0 amide bonds. The van der Waals surface area contributed by atoms with Crippen LogP contribution in [-0.4, -0.2) is 0 Å². The van der Waals surface area contributed by atoms with Gasteiger partial charge in [0.25, 0.3) is 0 Å². The first kappa shape index (κ1) is 13.0. The van der Waals surface area contributed by atoms with Crippen LogP contribution in [0.5, 0.6) is 0 Å². The van der Waals surface area contributed by atoms with Crippen LogP contribution in [0, 0.1) is 40.4 Å². The molecule has 0 heterocycles. The summed E-state index contributed by atoms with van der Waals surface area (Å²) < 4.78 is 0. The largest absolute Gasteiger partial charge is 0.0654 e. The second-order valence-electron chi connectivity index (χ2n) is 8.17. The molecule has 0 nitrogen and oxygen atoms in total. The van der Waals surface area contributed by atoms with E-state index in [1.807, 2.05) is 0 Å².